The summed E-state index contributed by atoms with van der Waals surface area (Å²) >= 11 is 13.5. The van der Waals surface area contributed by atoms with Crippen LogP contribution in [0.25, 0.3) is 21.0 Å². The van der Waals surface area contributed by atoms with Crippen molar-refractivity contribution in [2.45, 2.75) is 0 Å². The van der Waals surface area contributed by atoms with Crippen LogP contribution < -0.4 is 0 Å². The number of carbonyl (C=O) groups excluding carboxylic acids is 2. The largest absolute Gasteiger partial charge is 0.448 e. The van der Waals surface area contributed by atoms with Gasteiger partial charge in [0.1, 0.15) is 0 Å². The van der Waals surface area contributed by atoms with Crippen molar-refractivity contribution in [3.63, 3.8) is 0 Å². The number of thiazole rings is 1. The third-order valence-electron chi connectivity index (χ3n) is 5.29. The number of halogens is 2. The molecular formula is C23H17Cl2N3O3S. The summed E-state index contributed by atoms with van der Waals surface area (Å²) in [5.41, 5.74) is 1.34. The Hall–Kier alpha value is -2.87. The van der Waals surface area contributed by atoms with Gasteiger partial charge in [-0.3, -0.25) is 9.59 Å². The Bertz CT molecular complexity index is 1270. The maximum absolute atomic E-state index is 12.9. The zero-order chi connectivity index (χ0) is 22.2. The molecular weight excluding hydrogens is 469 g/mol. The van der Waals surface area contributed by atoms with Gasteiger partial charge in [0.2, 0.25) is 0 Å². The fourth-order valence-electron chi connectivity index (χ4n) is 3.67. The molecule has 2 aromatic carbocycles. The molecule has 0 saturated carbocycles. The topological polar surface area (TPSA) is 66.7 Å². The number of para-hydroxylation sites is 1. The minimum atomic E-state index is -0.199. The molecule has 0 spiro atoms. The molecule has 2 amide bonds. The maximum atomic E-state index is 12.9. The summed E-state index contributed by atoms with van der Waals surface area (Å²) < 4.78 is 6.89. The molecule has 0 N–H and O–H groups in total. The van der Waals surface area contributed by atoms with Crippen LogP contribution in [-0.4, -0.2) is 52.8 Å². The predicted octanol–water partition coefficient (Wildman–Crippen LogP) is 5.46. The molecule has 2 aromatic heterocycles. The van der Waals surface area contributed by atoms with E-state index in [1.807, 2.05) is 24.3 Å². The van der Waals surface area contributed by atoms with Crippen LogP contribution in [0.5, 0.6) is 0 Å². The molecule has 6 nitrogen and oxygen atoms in total. The van der Waals surface area contributed by atoms with Crippen LogP contribution in [0.3, 0.4) is 0 Å². The van der Waals surface area contributed by atoms with E-state index in [0.717, 1.165) is 15.2 Å². The third kappa shape index (κ3) is 4.11. The Kier molecular flexibility index (Phi) is 5.63. The van der Waals surface area contributed by atoms with Crippen LogP contribution in [0.4, 0.5) is 0 Å². The molecule has 0 atom stereocenters. The second-order valence-electron chi connectivity index (χ2n) is 7.39. The lowest BCUT2D eigenvalue weighted by molar-refractivity contribution is 0.0518. The zero-order valence-electron chi connectivity index (χ0n) is 16.8. The Labute approximate surface area is 198 Å². The van der Waals surface area contributed by atoms with Crippen molar-refractivity contribution >= 4 is 56.6 Å². The molecule has 162 valence electrons. The van der Waals surface area contributed by atoms with Crippen LogP contribution in [0, 0.1) is 0 Å². The number of carbonyl (C=O) groups is 2. The van der Waals surface area contributed by atoms with Gasteiger partial charge in [0.25, 0.3) is 11.8 Å². The van der Waals surface area contributed by atoms with Gasteiger partial charge < -0.3 is 14.2 Å². The number of furan rings is 1. The van der Waals surface area contributed by atoms with Gasteiger partial charge in [-0.05, 0) is 42.5 Å². The molecule has 1 aliphatic rings. The normalized spacial score (nSPS) is 14.2. The second kappa shape index (κ2) is 8.58. The minimum Gasteiger partial charge on any atom is -0.448 e. The van der Waals surface area contributed by atoms with E-state index in [1.54, 1.807) is 40.1 Å². The molecule has 0 unspecified atom stereocenters. The average Bonchev–Trinajstić information content (AvgIpc) is 3.45. The molecule has 0 bridgehead atoms. The fraction of sp³-hybridized carbons (Fsp3) is 0.174. The minimum absolute atomic E-state index is 0.155. The number of amides is 2. The lowest BCUT2D eigenvalue weighted by Crippen LogP contribution is -2.50. The van der Waals surface area contributed by atoms with E-state index in [9.17, 15) is 9.59 Å². The molecule has 9 heteroatoms. The number of aromatic nitrogens is 1. The first-order valence-corrected chi connectivity index (χ1v) is 11.6. The van der Waals surface area contributed by atoms with E-state index in [-0.39, 0.29) is 17.6 Å². The summed E-state index contributed by atoms with van der Waals surface area (Å²) in [5, 5.41) is 1.56. The van der Waals surface area contributed by atoms with Crippen LogP contribution >= 0.6 is 34.5 Å². The molecule has 1 saturated heterocycles. The first kappa shape index (κ1) is 21.0. The summed E-state index contributed by atoms with van der Waals surface area (Å²) in [6, 6.07) is 16.1. The smallest absolute Gasteiger partial charge is 0.289 e. The standard InChI is InChI=1S/C23H17Cl2N3O3S/c24-15-11-14(12-16(25)13-15)22(29)27-7-9-28(10-8-27)23(30)19-6-5-18(31-19)21-26-17-3-1-2-4-20(17)32-21/h1-6,11-13H,7-10H2. The highest BCUT2D eigenvalue weighted by Crippen LogP contribution is 2.31. The lowest BCUT2D eigenvalue weighted by Gasteiger charge is -2.34. The first-order valence-electron chi connectivity index (χ1n) is 9.98. The van der Waals surface area contributed by atoms with Crippen molar-refractivity contribution in [2.24, 2.45) is 0 Å². The van der Waals surface area contributed by atoms with Crippen molar-refractivity contribution < 1.29 is 14.0 Å². The van der Waals surface area contributed by atoms with Crippen LogP contribution in [0.1, 0.15) is 20.9 Å². The number of hydrogen-bond acceptors (Lipinski definition) is 5. The summed E-state index contributed by atoms with van der Waals surface area (Å²) in [6.45, 7) is 1.66. The van der Waals surface area contributed by atoms with E-state index >= 15 is 0 Å². The van der Waals surface area contributed by atoms with Crippen LogP contribution in [0.2, 0.25) is 10.0 Å². The monoisotopic (exact) mass is 485 g/mol. The van der Waals surface area contributed by atoms with Gasteiger partial charge in [0, 0.05) is 41.8 Å². The van der Waals surface area contributed by atoms with Crippen molar-refractivity contribution in [3.05, 3.63) is 76.0 Å². The highest BCUT2D eigenvalue weighted by atomic mass is 35.5. The van der Waals surface area contributed by atoms with E-state index in [2.05, 4.69) is 4.98 Å². The van der Waals surface area contributed by atoms with Crippen molar-refractivity contribution in [3.8, 4) is 10.8 Å². The number of rotatable bonds is 3. The third-order valence-corrected chi connectivity index (χ3v) is 6.77. The van der Waals surface area contributed by atoms with Crippen molar-refractivity contribution in [1.82, 2.24) is 14.8 Å². The summed E-state index contributed by atoms with van der Waals surface area (Å²) in [6.07, 6.45) is 0. The Morgan fingerprint density at radius 2 is 1.53 bits per heavy atom. The summed E-state index contributed by atoms with van der Waals surface area (Å²) in [7, 11) is 0. The van der Waals surface area contributed by atoms with Crippen LogP contribution in [-0.2, 0) is 0 Å². The molecule has 1 aliphatic heterocycles. The maximum Gasteiger partial charge on any atom is 0.289 e. The fourth-order valence-corrected chi connectivity index (χ4v) is 5.13. The number of hydrogen-bond donors (Lipinski definition) is 0. The molecule has 0 aliphatic carbocycles. The Morgan fingerprint density at radius 1 is 0.875 bits per heavy atom. The quantitative estimate of drug-likeness (QED) is 0.386. The Morgan fingerprint density at radius 3 is 2.22 bits per heavy atom. The van der Waals surface area contributed by atoms with Gasteiger partial charge in [0.15, 0.2) is 16.5 Å². The molecule has 1 fully saturated rings. The van der Waals surface area contributed by atoms with Crippen molar-refractivity contribution in [1.29, 1.82) is 0 Å². The molecule has 0 radical (unpaired) electrons. The van der Waals surface area contributed by atoms with Gasteiger partial charge in [-0.1, -0.05) is 35.3 Å². The van der Waals surface area contributed by atoms with Gasteiger partial charge >= 0.3 is 0 Å². The number of fused-ring (bicyclic) bond motifs is 1. The second-order valence-corrected chi connectivity index (χ2v) is 9.30. The van der Waals surface area contributed by atoms with E-state index in [4.69, 9.17) is 27.6 Å². The average molecular weight is 486 g/mol. The highest BCUT2D eigenvalue weighted by Gasteiger charge is 2.27. The number of benzene rings is 2. The highest BCUT2D eigenvalue weighted by molar-refractivity contribution is 7.21. The molecule has 4 aromatic rings. The zero-order valence-corrected chi connectivity index (χ0v) is 19.1. The van der Waals surface area contributed by atoms with E-state index < -0.39 is 0 Å². The first-order chi connectivity index (χ1) is 15.5. The predicted molar refractivity (Wildman–Crippen MR) is 126 cm³/mol. The molecule has 32 heavy (non-hydrogen) atoms. The number of piperazine rings is 1. The van der Waals surface area contributed by atoms with Crippen molar-refractivity contribution in [2.75, 3.05) is 26.2 Å². The summed E-state index contributed by atoms with van der Waals surface area (Å²) in [4.78, 5) is 33.7. The SMILES string of the molecule is O=C(c1cc(Cl)cc(Cl)c1)N1CCN(C(=O)c2ccc(-c3nc4ccccc4s3)o2)CC1. The molecule has 5 rings (SSSR count). The van der Waals surface area contributed by atoms with Gasteiger partial charge in [0.05, 0.1) is 10.2 Å². The van der Waals surface area contributed by atoms with E-state index in [1.165, 1.54) is 11.3 Å². The summed E-state index contributed by atoms with van der Waals surface area (Å²) in [5.74, 6) is 0.481. The lowest BCUT2D eigenvalue weighted by atomic mass is 10.1. The van der Waals surface area contributed by atoms with Gasteiger partial charge in [-0.25, -0.2) is 4.98 Å². The van der Waals surface area contributed by atoms with Gasteiger partial charge in [-0.2, -0.15) is 0 Å². The Balaban J connectivity index is 1.25. The number of nitrogens with zero attached hydrogens (tertiary/aromatic N) is 3. The van der Waals surface area contributed by atoms with Crippen LogP contribution in [0.15, 0.2) is 59.0 Å². The van der Waals surface area contributed by atoms with Gasteiger partial charge in [-0.15, -0.1) is 11.3 Å². The van der Waals surface area contributed by atoms with E-state index in [0.29, 0.717) is 47.5 Å². The molecule has 3 heterocycles.